The first-order chi connectivity index (χ1) is 18.8. The Morgan fingerprint density at radius 2 is 0.872 bits per heavy atom. The van der Waals surface area contributed by atoms with Crippen molar-refractivity contribution in [2.45, 2.75) is 0 Å². The predicted octanol–water partition coefficient (Wildman–Crippen LogP) is 5.58. The van der Waals surface area contributed by atoms with Gasteiger partial charge in [0.2, 0.25) is 0 Å². The molecule has 0 aliphatic rings. The number of aliphatic imine (C=N–C) groups is 1. The van der Waals surface area contributed by atoms with Crippen molar-refractivity contribution in [2.75, 3.05) is 13.1 Å². The molecule has 0 saturated carbocycles. The van der Waals surface area contributed by atoms with Gasteiger partial charge in [0, 0.05) is 28.8 Å². The molecular weight excluding hydrogens is 492 g/mol. The molecule has 4 aromatic rings. The van der Waals surface area contributed by atoms with Crippen molar-refractivity contribution >= 4 is 11.5 Å². The van der Waals surface area contributed by atoms with Crippen LogP contribution in [0, 0.1) is 0 Å². The van der Waals surface area contributed by atoms with Crippen LogP contribution in [0.1, 0.15) is 27.0 Å². The van der Waals surface area contributed by atoms with E-state index < -0.39 is 0 Å². The number of phenols is 4. The molecule has 0 amide bonds. The van der Waals surface area contributed by atoms with E-state index in [1.165, 1.54) is 24.3 Å². The fourth-order valence-electron chi connectivity index (χ4n) is 3.14. The summed E-state index contributed by atoms with van der Waals surface area (Å²) in [6.45, 7) is 8.11. The third kappa shape index (κ3) is 10.0. The standard InChI is InChI=1S/C16H15NO2.C13H10O3.C3H7N/c1-2-11-17-16(12-3-7-14(18)8-4-12)13-5-9-15(19)10-6-13;14-11-5-1-9(2-6-11)13(16)10-3-7-12(15)8-4-10;1-2-3-4/h2-10,18-19H,1,11H2;1-8,14-15H;2H,1,3-4H2. The summed E-state index contributed by atoms with van der Waals surface area (Å²) in [5.74, 6) is 0.555. The first-order valence-corrected chi connectivity index (χ1v) is 12.0. The van der Waals surface area contributed by atoms with Crippen LogP contribution in [0.25, 0.3) is 0 Å². The second-order valence-corrected chi connectivity index (χ2v) is 8.02. The lowest BCUT2D eigenvalue weighted by molar-refractivity contribution is 0.103. The van der Waals surface area contributed by atoms with Gasteiger partial charge in [-0.05, 0) is 97.1 Å². The lowest BCUT2D eigenvalue weighted by Crippen LogP contribution is -2.03. The van der Waals surface area contributed by atoms with Crippen molar-refractivity contribution in [3.8, 4) is 23.0 Å². The molecule has 0 radical (unpaired) electrons. The summed E-state index contributed by atoms with van der Waals surface area (Å²) in [6.07, 6.45) is 3.38. The molecule has 200 valence electrons. The first kappa shape index (κ1) is 30.1. The summed E-state index contributed by atoms with van der Waals surface area (Å²) in [7, 11) is 0. The minimum atomic E-state index is -0.139. The molecule has 0 aliphatic carbocycles. The number of hydrogen-bond donors (Lipinski definition) is 5. The second kappa shape index (κ2) is 15.9. The van der Waals surface area contributed by atoms with Gasteiger partial charge in [0.05, 0.1) is 12.3 Å². The highest BCUT2D eigenvalue weighted by molar-refractivity contribution is 6.13. The van der Waals surface area contributed by atoms with E-state index in [4.69, 9.17) is 15.9 Å². The van der Waals surface area contributed by atoms with E-state index in [1.54, 1.807) is 60.7 Å². The number of benzene rings is 4. The normalized spacial score (nSPS) is 9.56. The van der Waals surface area contributed by atoms with Crippen LogP contribution < -0.4 is 5.73 Å². The van der Waals surface area contributed by atoms with E-state index in [-0.39, 0.29) is 28.8 Å². The number of aromatic hydroxyl groups is 4. The minimum absolute atomic E-state index is 0.127. The van der Waals surface area contributed by atoms with Gasteiger partial charge in [-0.25, -0.2) is 0 Å². The average molecular weight is 525 g/mol. The number of nitrogens with zero attached hydrogens (tertiary/aromatic N) is 1. The van der Waals surface area contributed by atoms with E-state index >= 15 is 0 Å². The Morgan fingerprint density at radius 3 is 1.13 bits per heavy atom. The Kier molecular flexibility index (Phi) is 12.2. The number of carbonyl (C=O) groups excluding carboxylic acids is 1. The van der Waals surface area contributed by atoms with Crippen LogP contribution in [0.4, 0.5) is 0 Å². The molecule has 0 saturated heterocycles. The Labute approximate surface area is 228 Å². The molecule has 7 nitrogen and oxygen atoms in total. The van der Waals surface area contributed by atoms with Gasteiger partial charge in [0.15, 0.2) is 5.78 Å². The number of rotatable bonds is 7. The van der Waals surface area contributed by atoms with Gasteiger partial charge in [0.25, 0.3) is 0 Å². The third-order valence-corrected chi connectivity index (χ3v) is 5.09. The van der Waals surface area contributed by atoms with Crippen LogP contribution in [0.2, 0.25) is 0 Å². The van der Waals surface area contributed by atoms with Gasteiger partial charge >= 0.3 is 0 Å². The molecule has 0 heterocycles. The number of carbonyl (C=O) groups is 1. The summed E-state index contributed by atoms with van der Waals surface area (Å²) < 4.78 is 0. The molecule has 0 spiro atoms. The van der Waals surface area contributed by atoms with Gasteiger partial charge in [-0.1, -0.05) is 12.2 Å². The van der Waals surface area contributed by atoms with E-state index in [0.717, 1.165) is 16.8 Å². The van der Waals surface area contributed by atoms with Crippen molar-refractivity contribution < 1.29 is 25.2 Å². The summed E-state index contributed by atoms with van der Waals surface area (Å²) >= 11 is 0. The van der Waals surface area contributed by atoms with Crippen molar-refractivity contribution in [3.05, 3.63) is 145 Å². The molecule has 4 aromatic carbocycles. The zero-order chi connectivity index (χ0) is 28.6. The first-order valence-electron chi connectivity index (χ1n) is 12.0. The van der Waals surface area contributed by atoms with E-state index in [9.17, 15) is 15.0 Å². The fraction of sp³-hybridized carbons (Fsp3) is 0.0625. The van der Waals surface area contributed by atoms with Gasteiger partial charge in [-0.3, -0.25) is 9.79 Å². The Bertz CT molecular complexity index is 1270. The van der Waals surface area contributed by atoms with Gasteiger partial charge in [0.1, 0.15) is 23.0 Å². The molecule has 0 aromatic heterocycles. The molecule has 0 bridgehead atoms. The highest BCUT2D eigenvalue weighted by atomic mass is 16.3. The maximum atomic E-state index is 11.9. The van der Waals surface area contributed by atoms with E-state index in [2.05, 4.69) is 18.2 Å². The highest BCUT2D eigenvalue weighted by Gasteiger charge is 2.09. The smallest absolute Gasteiger partial charge is 0.193 e. The van der Waals surface area contributed by atoms with Gasteiger partial charge in [-0.15, -0.1) is 13.2 Å². The second-order valence-electron chi connectivity index (χ2n) is 8.02. The zero-order valence-corrected chi connectivity index (χ0v) is 21.4. The van der Waals surface area contributed by atoms with Crippen LogP contribution in [0.5, 0.6) is 23.0 Å². The van der Waals surface area contributed by atoms with Crippen molar-refractivity contribution in [1.82, 2.24) is 0 Å². The average Bonchev–Trinajstić information content (AvgIpc) is 2.96. The Morgan fingerprint density at radius 1 is 0.590 bits per heavy atom. The maximum absolute atomic E-state index is 11.9. The Balaban J connectivity index is 0.000000243. The van der Waals surface area contributed by atoms with Crippen molar-refractivity contribution in [2.24, 2.45) is 10.7 Å². The molecular formula is C32H32N2O5. The summed E-state index contributed by atoms with van der Waals surface area (Å²) in [6, 6.07) is 25.8. The maximum Gasteiger partial charge on any atom is 0.193 e. The molecule has 6 N–H and O–H groups in total. The molecule has 0 unspecified atom stereocenters. The topological polar surface area (TPSA) is 136 Å². The summed E-state index contributed by atoms with van der Waals surface area (Å²) in [5.41, 5.74) is 8.54. The SMILES string of the molecule is C=CCN.C=CCN=C(c1ccc(O)cc1)c1ccc(O)cc1.O=C(c1ccc(O)cc1)c1ccc(O)cc1. The monoisotopic (exact) mass is 524 g/mol. The Hall–Kier alpha value is -5.14. The number of ketones is 1. The van der Waals surface area contributed by atoms with Gasteiger partial charge in [-0.2, -0.15) is 0 Å². The predicted molar refractivity (Wildman–Crippen MR) is 156 cm³/mol. The number of nitrogens with two attached hydrogens (primary N) is 1. The quantitative estimate of drug-likeness (QED) is 0.122. The molecule has 39 heavy (non-hydrogen) atoms. The van der Waals surface area contributed by atoms with Crippen LogP contribution in [0.15, 0.2) is 127 Å². The lowest BCUT2D eigenvalue weighted by Gasteiger charge is -2.07. The molecule has 0 atom stereocenters. The summed E-state index contributed by atoms with van der Waals surface area (Å²) in [5, 5.41) is 36.9. The van der Waals surface area contributed by atoms with Gasteiger partial charge < -0.3 is 26.2 Å². The highest BCUT2D eigenvalue weighted by Crippen LogP contribution is 2.18. The van der Waals surface area contributed by atoms with E-state index in [0.29, 0.717) is 24.2 Å². The molecule has 7 heteroatoms. The minimum Gasteiger partial charge on any atom is -0.508 e. The number of hydrogen-bond acceptors (Lipinski definition) is 7. The summed E-state index contributed by atoms with van der Waals surface area (Å²) in [4.78, 5) is 16.4. The molecule has 0 fully saturated rings. The van der Waals surface area contributed by atoms with Crippen LogP contribution >= 0.6 is 0 Å². The molecule has 0 aliphatic heterocycles. The third-order valence-electron chi connectivity index (χ3n) is 5.09. The van der Waals surface area contributed by atoms with Crippen molar-refractivity contribution in [1.29, 1.82) is 0 Å². The largest absolute Gasteiger partial charge is 0.508 e. The van der Waals surface area contributed by atoms with Crippen LogP contribution in [0.3, 0.4) is 0 Å². The molecule has 4 rings (SSSR count). The lowest BCUT2D eigenvalue weighted by atomic mass is 10.0. The zero-order valence-electron chi connectivity index (χ0n) is 21.4. The van der Waals surface area contributed by atoms with Crippen LogP contribution in [-0.2, 0) is 0 Å². The number of phenolic OH excluding ortho intramolecular Hbond substituents is 4. The van der Waals surface area contributed by atoms with Crippen molar-refractivity contribution in [3.63, 3.8) is 0 Å². The van der Waals surface area contributed by atoms with Crippen LogP contribution in [-0.4, -0.2) is 45.0 Å². The van der Waals surface area contributed by atoms with E-state index in [1.807, 2.05) is 24.3 Å². The fourth-order valence-corrected chi connectivity index (χ4v) is 3.14.